The molecule has 38 heavy (non-hydrogen) atoms. The van der Waals surface area contributed by atoms with Gasteiger partial charge >= 0.3 is 0 Å². The number of carbonyl (C=O) groups excluding carboxylic acids is 2. The molecule has 2 aromatic carbocycles. The Morgan fingerprint density at radius 2 is 1.82 bits per heavy atom. The number of amides is 2. The number of benzene rings is 2. The normalized spacial score (nSPS) is 14.0. The predicted octanol–water partition coefficient (Wildman–Crippen LogP) is 3.57. The number of nitrogens with zero attached hydrogens (tertiary/aromatic N) is 3. The van der Waals surface area contributed by atoms with Gasteiger partial charge in [-0.15, -0.1) is 0 Å². The van der Waals surface area contributed by atoms with Crippen LogP contribution in [0.1, 0.15) is 38.8 Å². The Hall–Kier alpha value is -4.31. The van der Waals surface area contributed by atoms with Crippen LogP contribution in [0, 0.1) is 12.7 Å². The van der Waals surface area contributed by atoms with Crippen LogP contribution >= 0.6 is 0 Å². The summed E-state index contributed by atoms with van der Waals surface area (Å²) in [5, 5.41) is 3.36. The third-order valence-electron chi connectivity index (χ3n) is 6.78. The summed E-state index contributed by atoms with van der Waals surface area (Å²) < 4.78 is 13.8. The van der Waals surface area contributed by atoms with Gasteiger partial charge in [0.05, 0.1) is 27.8 Å². The molecule has 0 fully saturated rings. The number of H-pyrrole nitrogens is 2. The first kappa shape index (κ1) is 25.3. The third kappa shape index (κ3) is 4.70. The number of carbonyl (C=O) groups is 2. The second-order valence-corrected chi connectivity index (χ2v) is 9.98. The van der Waals surface area contributed by atoms with Crippen LogP contribution in [0.3, 0.4) is 0 Å². The van der Waals surface area contributed by atoms with E-state index >= 15 is 0 Å². The molecule has 9 nitrogen and oxygen atoms in total. The van der Waals surface area contributed by atoms with Gasteiger partial charge in [-0.1, -0.05) is 6.07 Å². The van der Waals surface area contributed by atoms with Gasteiger partial charge in [-0.25, -0.2) is 9.37 Å². The number of hydrogen-bond donors (Lipinski definition) is 3. The van der Waals surface area contributed by atoms with Crippen molar-refractivity contribution in [2.45, 2.75) is 26.3 Å². The molecular weight excluding hydrogens is 487 g/mol. The number of pyridine rings is 1. The first-order valence-electron chi connectivity index (χ1n) is 12.4. The number of nitrogens with one attached hydrogen (secondary N) is 3. The average Bonchev–Trinajstić information content (AvgIpc) is 3.36. The zero-order chi connectivity index (χ0) is 27.1. The molecule has 1 unspecified atom stereocenters. The number of aromatic amines is 2. The minimum Gasteiger partial charge on any atom is -0.381 e. The van der Waals surface area contributed by atoms with Crippen molar-refractivity contribution in [1.29, 1.82) is 0 Å². The van der Waals surface area contributed by atoms with Crippen LogP contribution in [0.4, 0.5) is 10.1 Å². The van der Waals surface area contributed by atoms with Crippen LogP contribution in [0.25, 0.3) is 22.4 Å². The SMILES string of the molecule is Cc1ccc(F)cc1CC(C)Nc1cc[nH]c(=O)c1-c1nc2cc3c(cc2[nH]1)C(=O)N(CCN(C)C)C3=O. The van der Waals surface area contributed by atoms with Crippen molar-refractivity contribution in [3.8, 4) is 11.4 Å². The molecule has 0 bridgehead atoms. The van der Waals surface area contributed by atoms with Crippen molar-refractivity contribution < 1.29 is 14.0 Å². The monoisotopic (exact) mass is 516 g/mol. The second kappa shape index (κ2) is 9.86. The number of aromatic nitrogens is 3. The number of imidazole rings is 1. The van der Waals surface area contributed by atoms with Crippen LogP contribution in [-0.2, 0) is 6.42 Å². The fourth-order valence-corrected chi connectivity index (χ4v) is 4.76. The van der Waals surface area contributed by atoms with E-state index in [9.17, 15) is 18.8 Å². The number of hydrogen-bond acceptors (Lipinski definition) is 6. The number of aryl methyl sites for hydroxylation is 1. The molecule has 2 amide bonds. The molecule has 0 radical (unpaired) electrons. The zero-order valence-corrected chi connectivity index (χ0v) is 21.7. The maximum atomic E-state index is 13.8. The number of imide groups is 1. The molecule has 5 rings (SSSR count). The lowest BCUT2D eigenvalue weighted by atomic mass is 10.0. The Morgan fingerprint density at radius 1 is 1.08 bits per heavy atom. The highest BCUT2D eigenvalue weighted by Crippen LogP contribution is 2.30. The van der Waals surface area contributed by atoms with Crippen molar-refractivity contribution in [2.24, 2.45) is 0 Å². The lowest BCUT2D eigenvalue weighted by Crippen LogP contribution is -2.35. The number of halogens is 1. The van der Waals surface area contributed by atoms with Gasteiger partial charge in [-0.2, -0.15) is 0 Å². The molecule has 4 aromatic rings. The van der Waals surface area contributed by atoms with Crippen molar-refractivity contribution in [3.05, 3.63) is 81.0 Å². The quantitative estimate of drug-likeness (QED) is 0.309. The van der Waals surface area contributed by atoms with E-state index in [0.29, 0.717) is 58.7 Å². The Morgan fingerprint density at radius 3 is 2.55 bits per heavy atom. The van der Waals surface area contributed by atoms with Gasteiger partial charge in [-0.3, -0.25) is 19.3 Å². The Kier molecular flexibility index (Phi) is 6.58. The minimum atomic E-state index is -0.349. The fourth-order valence-electron chi connectivity index (χ4n) is 4.76. The highest BCUT2D eigenvalue weighted by atomic mass is 19.1. The van der Waals surface area contributed by atoms with Crippen molar-refractivity contribution >= 4 is 28.5 Å². The maximum Gasteiger partial charge on any atom is 0.261 e. The van der Waals surface area contributed by atoms with Crippen LogP contribution in [0.15, 0.2) is 47.4 Å². The number of fused-ring (bicyclic) bond motifs is 2. The molecule has 0 aliphatic carbocycles. The lowest BCUT2D eigenvalue weighted by molar-refractivity contribution is 0.0645. The first-order valence-corrected chi connectivity index (χ1v) is 12.4. The smallest absolute Gasteiger partial charge is 0.261 e. The predicted molar refractivity (Wildman–Crippen MR) is 144 cm³/mol. The first-order chi connectivity index (χ1) is 18.1. The van der Waals surface area contributed by atoms with Crippen molar-refractivity contribution in [1.82, 2.24) is 24.8 Å². The largest absolute Gasteiger partial charge is 0.381 e. The molecule has 3 heterocycles. The van der Waals surface area contributed by atoms with E-state index in [4.69, 9.17) is 0 Å². The average molecular weight is 517 g/mol. The summed E-state index contributed by atoms with van der Waals surface area (Å²) in [5.41, 5.74) is 4.02. The highest BCUT2D eigenvalue weighted by molar-refractivity contribution is 6.22. The van der Waals surface area contributed by atoms with Crippen LogP contribution in [-0.4, -0.2) is 69.8 Å². The summed E-state index contributed by atoms with van der Waals surface area (Å²) in [6.45, 7) is 4.75. The molecule has 1 aliphatic rings. The van der Waals surface area contributed by atoms with Gasteiger partial charge in [0.1, 0.15) is 17.2 Å². The van der Waals surface area contributed by atoms with E-state index in [0.717, 1.165) is 11.1 Å². The van der Waals surface area contributed by atoms with E-state index in [1.807, 2.05) is 32.8 Å². The Balaban J connectivity index is 1.45. The standard InChI is InChI=1S/C28H29FN6O3/c1-15-5-6-18(29)12-17(15)11-16(2)31-21-7-8-30-26(36)24(21)25-32-22-13-19-20(14-23(22)33-25)28(38)35(27(19)37)10-9-34(3)4/h5-8,12-14,16H,9-11H2,1-4H3,(H,32,33)(H2,30,31,36). The van der Waals surface area contributed by atoms with Crippen LogP contribution in [0.5, 0.6) is 0 Å². The van der Waals surface area contributed by atoms with Crippen molar-refractivity contribution in [3.63, 3.8) is 0 Å². The number of likely N-dealkylation sites (N-methyl/N-ethyl adjacent to an activating group) is 1. The van der Waals surface area contributed by atoms with Gasteiger partial charge in [0.2, 0.25) is 0 Å². The summed E-state index contributed by atoms with van der Waals surface area (Å²) in [7, 11) is 3.76. The second-order valence-electron chi connectivity index (χ2n) is 9.98. The van der Waals surface area contributed by atoms with E-state index in [2.05, 4.69) is 20.3 Å². The Labute approximate surface area is 218 Å². The molecule has 196 valence electrons. The van der Waals surface area contributed by atoms with Gasteiger partial charge in [0.25, 0.3) is 17.4 Å². The highest BCUT2D eigenvalue weighted by Gasteiger charge is 2.36. The van der Waals surface area contributed by atoms with E-state index < -0.39 is 0 Å². The molecule has 2 aromatic heterocycles. The summed E-state index contributed by atoms with van der Waals surface area (Å²) in [4.78, 5) is 52.4. The maximum absolute atomic E-state index is 13.8. The summed E-state index contributed by atoms with van der Waals surface area (Å²) in [5.74, 6) is -0.668. The van der Waals surface area contributed by atoms with E-state index in [-0.39, 0.29) is 29.2 Å². The molecule has 0 spiro atoms. The minimum absolute atomic E-state index is 0.118. The molecular formula is C28H29FN6O3. The summed E-state index contributed by atoms with van der Waals surface area (Å²) >= 11 is 0. The molecule has 1 aliphatic heterocycles. The van der Waals surface area contributed by atoms with Gasteiger partial charge < -0.3 is 20.2 Å². The summed E-state index contributed by atoms with van der Waals surface area (Å²) in [6.07, 6.45) is 2.10. The van der Waals surface area contributed by atoms with E-state index in [1.54, 1.807) is 30.5 Å². The van der Waals surface area contributed by atoms with Gasteiger partial charge in [-0.05, 0) is 75.8 Å². The zero-order valence-electron chi connectivity index (χ0n) is 21.7. The van der Waals surface area contributed by atoms with Gasteiger partial charge in [0.15, 0.2) is 0 Å². The lowest BCUT2D eigenvalue weighted by Gasteiger charge is -2.18. The van der Waals surface area contributed by atoms with Crippen molar-refractivity contribution in [2.75, 3.05) is 32.5 Å². The fraction of sp³-hybridized carbons (Fsp3) is 0.286. The van der Waals surface area contributed by atoms with Crippen LogP contribution < -0.4 is 10.9 Å². The molecule has 3 N–H and O–H groups in total. The molecule has 0 saturated heterocycles. The molecule has 0 saturated carbocycles. The van der Waals surface area contributed by atoms with Gasteiger partial charge in [0, 0.05) is 25.3 Å². The number of anilines is 1. The van der Waals surface area contributed by atoms with Crippen LogP contribution in [0.2, 0.25) is 0 Å². The topological polar surface area (TPSA) is 114 Å². The summed E-state index contributed by atoms with van der Waals surface area (Å²) in [6, 6.07) is 9.55. The van der Waals surface area contributed by atoms with E-state index in [1.165, 1.54) is 17.0 Å². The molecule has 1 atom stereocenters. The number of rotatable bonds is 8. The third-order valence-corrected chi connectivity index (χ3v) is 6.78. The molecule has 10 heteroatoms. The Bertz CT molecular complexity index is 1570.